The number of aromatic amines is 1. The van der Waals surface area contributed by atoms with Gasteiger partial charge in [0.15, 0.2) is 0 Å². The Morgan fingerprint density at radius 2 is 1.87 bits per heavy atom. The third kappa shape index (κ3) is 4.56. The Hall–Kier alpha value is -3.32. The van der Waals surface area contributed by atoms with Crippen molar-refractivity contribution >= 4 is 17.3 Å². The predicted molar refractivity (Wildman–Crippen MR) is 124 cm³/mol. The summed E-state index contributed by atoms with van der Waals surface area (Å²) in [6.45, 7) is 9.56. The number of hydrogen-bond acceptors (Lipinski definition) is 5. The third-order valence-electron chi connectivity index (χ3n) is 5.91. The molecule has 1 fully saturated rings. The van der Waals surface area contributed by atoms with Gasteiger partial charge in [0, 0.05) is 43.1 Å². The lowest BCUT2D eigenvalue weighted by atomic mass is 10.1. The first-order chi connectivity index (χ1) is 15.1. The molecule has 2 aromatic carbocycles. The van der Waals surface area contributed by atoms with E-state index >= 15 is 0 Å². The van der Waals surface area contributed by atoms with E-state index in [-0.39, 0.29) is 5.91 Å². The number of aromatic nitrogens is 2. The number of methoxy groups -OCH3 is 1. The first-order valence-electron chi connectivity index (χ1n) is 10.7. The lowest BCUT2D eigenvalue weighted by molar-refractivity contribution is 0.102. The number of hydrogen-bond donors (Lipinski definition) is 2. The number of piperazine rings is 1. The van der Waals surface area contributed by atoms with Gasteiger partial charge in [-0.1, -0.05) is 6.92 Å². The highest BCUT2D eigenvalue weighted by Gasteiger charge is 2.18. The minimum atomic E-state index is -0.188. The summed E-state index contributed by atoms with van der Waals surface area (Å²) in [7, 11) is 1.63. The summed E-state index contributed by atoms with van der Waals surface area (Å²) >= 11 is 0. The van der Waals surface area contributed by atoms with Crippen LogP contribution in [0, 0.1) is 6.92 Å². The Kier molecular flexibility index (Phi) is 6.23. The molecule has 4 rings (SSSR count). The Morgan fingerprint density at radius 3 is 2.52 bits per heavy atom. The lowest BCUT2D eigenvalue weighted by Crippen LogP contribution is -2.46. The largest absolute Gasteiger partial charge is 0.497 e. The van der Waals surface area contributed by atoms with Gasteiger partial charge in [0.25, 0.3) is 5.91 Å². The zero-order valence-corrected chi connectivity index (χ0v) is 18.3. The maximum atomic E-state index is 13.0. The van der Waals surface area contributed by atoms with Crippen LogP contribution in [0.1, 0.15) is 22.8 Å². The van der Waals surface area contributed by atoms with Crippen molar-refractivity contribution in [1.29, 1.82) is 0 Å². The summed E-state index contributed by atoms with van der Waals surface area (Å²) in [5.41, 5.74) is 5.11. The second-order valence-corrected chi connectivity index (χ2v) is 7.76. The second kappa shape index (κ2) is 9.22. The van der Waals surface area contributed by atoms with E-state index in [1.807, 2.05) is 37.3 Å². The molecule has 3 aromatic rings. The third-order valence-corrected chi connectivity index (χ3v) is 5.91. The summed E-state index contributed by atoms with van der Waals surface area (Å²) in [4.78, 5) is 17.9. The molecule has 0 atom stereocenters. The van der Waals surface area contributed by atoms with Gasteiger partial charge in [-0.2, -0.15) is 5.10 Å². The summed E-state index contributed by atoms with van der Waals surface area (Å²) in [6, 6.07) is 13.8. The van der Waals surface area contributed by atoms with Crippen LogP contribution in [0.3, 0.4) is 0 Å². The van der Waals surface area contributed by atoms with Gasteiger partial charge in [0.05, 0.1) is 24.6 Å². The smallest absolute Gasteiger partial charge is 0.259 e. The van der Waals surface area contributed by atoms with Crippen LogP contribution in [0.2, 0.25) is 0 Å². The molecule has 2 N–H and O–H groups in total. The summed E-state index contributed by atoms with van der Waals surface area (Å²) in [6.07, 6.45) is 1.56. The molecule has 0 unspecified atom stereocenters. The average Bonchev–Trinajstić information content (AvgIpc) is 3.30. The lowest BCUT2D eigenvalue weighted by Gasteiger charge is -2.35. The molecular weight excluding hydrogens is 390 g/mol. The van der Waals surface area contributed by atoms with Crippen LogP contribution in [0.25, 0.3) is 11.3 Å². The van der Waals surface area contributed by atoms with E-state index in [9.17, 15) is 4.79 Å². The number of nitrogens with one attached hydrogen (secondary N) is 2. The van der Waals surface area contributed by atoms with Crippen LogP contribution in [0.15, 0.2) is 48.7 Å². The molecule has 1 amide bonds. The van der Waals surface area contributed by atoms with Crippen LogP contribution < -0.4 is 15.0 Å². The number of H-pyrrole nitrogens is 1. The Bertz CT molecular complexity index is 1040. The first-order valence-corrected chi connectivity index (χ1v) is 10.7. The fourth-order valence-electron chi connectivity index (χ4n) is 3.93. The standard InChI is InChI=1S/C24H29N5O2/c1-4-28-11-13-29(14-12-28)19-7-10-22(17(2)15-19)26-24(30)21-16-25-27-23(21)18-5-8-20(31-3)9-6-18/h5-10,15-16H,4,11-14H2,1-3H3,(H,25,27)(H,26,30). The van der Waals surface area contributed by atoms with Crippen molar-refractivity contribution in [2.24, 2.45) is 0 Å². The number of carbonyl (C=O) groups is 1. The van der Waals surface area contributed by atoms with Gasteiger partial charge in [-0.3, -0.25) is 9.89 Å². The van der Waals surface area contributed by atoms with Crippen molar-refractivity contribution in [3.8, 4) is 17.0 Å². The highest BCUT2D eigenvalue weighted by Crippen LogP contribution is 2.27. The molecule has 0 spiro atoms. The quantitative estimate of drug-likeness (QED) is 0.636. The molecule has 2 heterocycles. The molecule has 0 saturated carbocycles. The van der Waals surface area contributed by atoms with Gasteiger partial charge in [-0.05, 0) is 61.5 Å². The predicted octanol–water partition coefficient (Wildman–Crippen LogP) is 3.79. The van der Waals surface area contributed by atoms with Crippen molar-refractivity contribution < 1.29 is 9.53 Å². The van der Waals surface area contributed by atoms with Gasteiger partial charge in [-0.25, -0.2) is 0 Å². The van der Waals surface area contributed by atoms with Crippen LogP contribution in [-0.4, -0.2) is 60.8 Å². The Morgan fingerprint density at radius 1 is 1.13 bits per heavy atom. The van der Waals surface area contributed by atoms with Crippen molar-refractivity contribution in [2.45, 2.75) is 13.8 Å². The minimum Gasteiger partial charge on any atom is -0.497 e. The summed E-state index contributed by atoms with van der Waals surface area (Å²) in [5.74, 6) is 0.577. The fraction of sp³-hybridized carbons (Fsp3) is 0.333. The fourth-order valence-corrected chi connectivity index (χ4v) is 3.93. The number of benzene rings is 2. The Balaban J connectivity index is 1.47. The van der Waals surface area contributed by atoms with E-state index in [0.29, 0.717) is 11.3 Å². The molecule has 31 heavy (non-hydrogen) atoms. The van der Waals surface area contributed by atoms with Gasteiger partial charge >= 0.3 is 0 Å². The molecule has 1 saturated heterocycles. The number of likely N-dealkylation sites (N-methyl/N-ethyl adjacent to an activating group) is 1. The summed E-state index contributed by atoms with van der Waals surface area (Å²) in [5, 5.41) is 10.1. The van der Waals surface area contributed by atoms with E-state index in [1.165, 1.54) is 5.69 Å². The number of nitrogens with zero attached hydrogens (tertiary/aromatic N) is 3. The molecule has 0 aliphatic carbocycles. The van der Waals surface area contributed by atoms with E-state index in [2.05, 4.69) is 44.4 Å². The molecule has 1 aliphatic rings. The number of ether oxygens (including phenoxy) is 1. The van der Waals surface area contributed by atoms with Gasteiger partial charge in [0.2, 0.25) is 0 Å². The van der Waals surface area contributed by atoms with E-state index in [4.69, 9.17) is 4.74 Å². The molecule has 7 heteroatoms. The second-order valence-electron chi connectivity index (χ2n) is 7.76. The Labute approximate surface area is 183 Å². The van der Waals surface area contributed by atoms with Gasteiger partial charge in [-0.15, -0.1) is 0 Å². The van der Waals surface area contributed by atoms with Gasteiger partial charge < -0.3 is 19.9 Å². The van der Waals surface area contributed by atoms with Crippen molar-refractivity contribution in [1.82, 2.24) is 15.1 Å². The van der Waals surface area contributed by atoms with E-state index in [0.717, 1.165) is 55.3 Å². The summed E-state index contributed by atoms with van der Waals surface area (Å²) < 4.78 is 5.21. The first kappa shape index (κ1) is 20.9. The molecule has 1 aliphatic heterocycles. The van der Waals surface area contributed by atoms with Crippen molar-refractivity contribution in [3.63, 3.8) is 0 Å². The number of anilines is 2. The SMILES string of the molecule is CCN1CCN(c2ccc(NC(=O)c3cn[nH]c3-c3ccc(OC)cc3)c(C)c2)CC1. The van der Waals surface area contributed by atoms with Crippen LogP contribution in [-0.2, 0) is 0 Å². The monoisotopic (exact) mass is 419 g/mol. The normalized spacial score (nSPS) is 14.5. The molecule has 0 bridgehead atoms. The zero-order chi connectivity index (χ0) is 21.8. The maximum Gasteiger partial charge on any atom is 0.259 e. The molecule has 7 nitrogen and oxygen atoms in total. The highest BCUT2D eigenvalue weighted by atomic mass is 16.5. The molecule has 162 valence electrons. The topological polar surface area (TPSA) is 73.5 Å². The van der Waals surface area contributed by atoms with Gasteiger partial charge in [0.1, 0.15) is 5.75 Å². The average molecular weight is 420 g/mol. The number of carbonyl (C=O) groups excluding carboxylic acids is 1. The van der Waals surface area contributed by atoms with Crippen molar-refractivity contribution in [3.05, 3.63) is 59.8 Å². The van der Waals surface area contributed by atoms with Crippen LogP contribution >= 0.6 is 0 Å². The van der Waals surface area contributed by atoms with Crippen LogP contribution in [0.4, 0.5) is 11.4 Å². The molecular formula is C24H29N5O2. The number of amides is 1. The van der Waals surface area contributed by atoms with Crippen molar-refractivity contribution in [2.75, 3.05) is 50.1 Å². The zero-order valence-electron chi connectivity index (χ0n) is 18.3. The highest BCUT2D eigenvalue weighted by molar-refractivity contribution is 6.08. The maximum absolute atomic E-state index is 13.0. The number of rotatable bonds is 6. The van der Waals surface area contributed by atoms with E-state index in [1.54, 1.807) is 13.3 Å². The van der Waals surface area contributed by atoms with E-state index < -0.39 is 0 Å². The molecule has 0 radical (unpaired) electrons. The molecule has 1 aromatic heterocycles. The number of aryl methyl sites for hydroxylation is 1. The van der Waals surface area contributed by atoms with Crippen LogP contribution in [0.5, 0.6) is 5.75 Å². The minimum absolute atomic E-state index is 0.188.